The summed E-state index contributed by atoms with van der Waals surface area (Å²) in [4.78, 5) is 9.80. The van der Waals surface area contributed by atoms with Gasteiger partial charge in [-0.15, -0.1) is 0 Å². The van der Waals surface area contributed by atoms with Crippen LogP contribution in [0.2, 0.25) is 0 Å². The lowest BCUT2D eigenvalue weighted by Gasteiger charge is -2.15. The van der Waals surface area contributed by atoms with Gasteiger partial charge in [-0.1, -0.05) is 66.7 Å². The van der Waals surface area contributed by atoms with E-state index in [1.165, 1.54) is 10.8 Å². The van der Waals surface area contributed by atoms with Crippen LogP contribution in [0.5, 0.6) is 0 Å². The van der Waals surface area contributed by atoms with Crippen LogP contribution in [-0.4, -0.2) is 19.1 Å². The van der Waals surface area contributed by atoms with Crippen molar-refractivity contribution in [2.75, 3.05) is 0 Å². The fourth-order valence-corrected chi connectivity index (χ4v) is 8.02. The van der Waals surface area contributed by atoms with Gasteiger partial charge < -0.3 is 9.13 Å². The molecular weight excluding hydrogens is 713 g/mol. The molecule has 58 heavy (non-hydrogen) atoms. The Labute approximate surface area is 332 Å². The molecule has 0 aliphatic rings. The normalized spacial score (nSPS) is 11.0. The maximum absolute atomic E-state index is 10.8. The number of para-hydroxylation sites is 3. The third-order valence-corrected chi connectivity index (χ3v) is 10.7. The van der Waals surface area contributed by atoms with Crippen LogP contribution in [0.1, 0.15) is 22.3 Å². The van der Waals surface area contributed by atoms with Crippen molar-refractivity contribution in [3.8, 4) is 69.6 Å². The van der Waals surface area contributed by atoms with Gasteiger partial charge in [-0.25, -0.2) is 9.97 Å². The van der Waals surface area contributed by atoms with Crippen LogP contribution in [0.15, 0.2) is 158 Å². The second-order valence-corrected chi connectivity index (χ2v) is 13.9. The van der Waals surface area contributed by atoms with Crippen LogP contribution in [0.4, 0.5) is 0 Å². The zero-order valence-corrected chi connectivity index (χ0v) is 30.6. The van der Waals surface area contributed by atoms with E-state index in [4.69, 9.17) is 9.97 Å². The summed E-state index contributed by atoms with van der Waals surface area (Å²) in [5.74, 6) is 0.406. The summed E-state index contributed by atoms with van der Waals surface area (Å²) < 4.78 is 4.30. The Morgan fingerprint density at radius 2 is 0.845 bits per heavy atom. The van der Waals surface area contributed by atoms with E-state index in [0.717, 1.165) is 44.1 Å². The number of nitriles is 4. The Balaban J connectivity index is 1.17. The van der Waals surface area contributed by atoms with Crippen LogP contribution in [0.25, 0.3) is 88.9 Å². The molecule has 10 rings (SSSR count). The Hall–Kier alpha value is -8.82. The van der Waals surface area contributed by atoms with Gasteiger partial charge in [-0.05, 0) is 91.0 Å². The Kier molecular flexibility index (Phi) is 7.84. The number of hydrogen-bond acceptors (Lipinski definition) is 6. The van der Waals surface area contributed by atoms with Gasteiger partial charge in [0.15, 0.2) is 5.82 Å². The zero-order chi connectivity index (χ0) is 39.3. The second-order valence-electron chi connectivity index (χ2n) is 13.9. The first-order valence-electron chi connectivity index (χ1n) is 18.5. The van der Waals surface area contributed by atoms with E-state index in [1.54, 1.807) is 48.5 Å². The van der Waals surface area contributed by atoms with Crippen LogP contribution >= 0.6 is 0 Å². The van der Waals surface area contributed by atoms with E-state index in [0.29, 0.717) is 56.3 Å². The lowest BCUT2D eigenvalue weighted by molar-refractivity contribution is 1.14. The zero-order valence-electron chi connectivity index (χ0n) is 30.6. The minimum Gasteiger partial charge on any atom is -0.309 e. The Bertz CT molecular complexity index is 3320. The maximum atomic E-state index is 10.8. The molecule has 0 radical (unpaired) electrons. The van der Waals surface area contributed by atoms with Crippen molar-refractivity contribution in [1.82, 2.24) is 19.1 Å². The molecule has 0 saturated carbocycles. The van der Waals surface area contributed by atoms with E-state index in [-0.39, 0.29) is 0 Å². The first-order chi connectivity index (χ1) is 28.6. The van der Waals surface area contributed by atoms with Gasteiger partial charge in [0, 0.05) is 43.9 Å². The topological polar surface area (TPSA) is 131 Å². The molecule has 266 valence electrons. The smallest absolute Gasteiger partial charge is 0.160 e. The predicted octanol–water partition coefficient (Wildman–Crippen LogP) is 11.2. The molecule has 7 aromatic carbocycles. The van der Waals surface area contributed by atoms with Crippen LogP contribution in [0, 0.1) is 45.3 Å². The maximum Gasteiger partial charge on any atom is 0.160 e. The fraction of sp³-hybridized carbons (Fsp3) is 0. The van der Waals surface area contributed by atoms with E-state index >= 15 is 0 Å². The molecule has 0 amide bonds. The van der Waals surface area contributed by atoms with Gasteiger partial charge in [0.05, 0.1) is 73.5 Å². The summed E-state index contributed by atoms with van der Waals surface area (Å²) in [6.07, 6.45) is 0. The molecule has 0 unspecified atom stereocenters. The number of hydrogen-bond donors (Lipinski definition) is 0. The Morgan fingerprint density at radius 1 is 0.379 bits per heavy atom. The highest BCUT2D eigenvalue weighted by molar-refractivity contribution is 6.12. The second kappa shape index (κ2) is 13.5. The van der Waals surface area contributed by atoms with Gasteiger partial charge in [0.2, 0.25) is 0 Å². The molecule has 0 fully saturated rings. The highest BCUT2D eigenvalue weighted by Crippen LogP contribution is 2.39. The summed E-state index contributed by atoms with van der Waals surface area (Å²) in [6, 6.07) is 59.8. The summed E-state index contributed by atoms with van der Waals surface area (Å²) in [5.41, 5.74) is 10.2. The van der Waals surface area contributed by atoms with Gasteiger partial charge in [-0.3, -0.25) is 0 Å². The quantitative estimate of drug-likeness (QED) is 0.173. The molecule has 8 nitrogen and oxygen atoms in total. The first kappa shape index (κ1) is 33.7. The van der Waals surface area contributed by atoms with Crippen LogP contribution in [0.3, 0.4) is 0 Å². The van der Waals surface area contributed by atoms with Crippen molar-refractivity contribution in [1.29, 1.82) is 21.0 Å². The molecule has 8 heteroatoms. The van der Waals surface area contributed by atoms with Gasteiger partial charge >= 0.3 is 0 Å². The van der Waals surface area contributed by atoms with Gasteiger partial charge in [0.25, 0.3) is 0 Å². The molecule has 10 aromatic rings. The van der Waals surface area contributed by atoms with Crippen molar-refractivity contribution in [3.63, 3.8) is 0 Å². The SMILES string of the molecule is N#Cc1ccc(-c2cc(-c3cc(C#N)c(-n4c5ccccc5c5cc(-n6c7ccccc7c7ccccc76)ccc54)c(C#N)c3)nc(-c3ccc(C#N)cc3)n2)cc1. The predicted molar refractivity (Wildman–Crippen MR) is 226 cm³/mol. The lowest BCUT2D eigenvalue weighted by atomic mass is 9.99. The van der Waals surface area contributed by atoms with E-state index < -0.39 is 0 Å². The van der Waals surface area contributed by atoms with Gasteiger partial charge in [0.1, 0.15) is 12.1 Å². The average molecular weight is 739 g/mol. The molecule has 3 aromatic heterocycles. The molecule has 0 aliphatic heterocycles. The van der Waals surface area contributed by atoms with E-state index in [9.17, 15) is 21.0 Å². The van der Waals surface area contributed by atoms with Crippen molar-refractivity contribution in [3.05, 3.63) is 180 Å². The van der Waals surface area contributed by atoms with Gasteiger partial charge in [-0.2, -0.15) is 21.0 Å². The van der Waals surface area contributed by atoms with Crippen molar-refractivity contribution in [2.45, 2.75) is 0 Å². The summed E-state index contributed by atoms with van der Waals surface area (Å²) >= 11 is 0. The third-order valence-electron chi connectivity index (χ3n) is 10.7. The first-order valence-corrected chi connectivity index (χ1v) is 18.5. The largest absolute Gasteiger partial charge is 0.309 e. The molecule has 3 heterocycles. The van der Waals surface area contributed by atoms with Crippen LogP contribution < -0.4 is 0 Å². The number of fused-ring (bicyclic) bond motifs is 6. The Morgan fingerprint density at radius 3 is 1.38 bits per heavy atom. The lowest BCUT2D eigenvalue weighted by Crippen LogP contribution is -2.03. The molecule has 0 aliphatic carbocycles. The van der Waals surface area contributed by atoms with E-state index in [2.05, 4.69) is 102 Å². The summed E-state index contributed by atoms with van der Waals surface area (Å²) in [7, 11) is 0. The fourth-order valence-electron chi connectivity index (χ4n) is 8.02. The summed E-state index contributed by atoms with van der Waals surface area (Å²) in [5, 5.41) is 44.8. The molecule has 0 bridgehead atoms. The number of aromatic nitrogens is 4. The summed E-state index contributed by atoms with van der Waals surface area (Å²) in [6.45, 7) is 0. The van der Waals surface area contributed by atoms with E-state index in [1.807, 2.05) is 41.0 Å². The average Bonchev–Trinajstić information content (AvgIpc) is 3.80. The minimum atomic E-state index is 0.307. The van der Waals surface area contributed by atoms with Crippen molar-refractivity contribution >= 4 is 43.6 Å². The molecule has 0 spiro atoms. The minimum absolute atomic E-state index is 0.307. The molecule has 0 atom stereocenters. The van der Waals surface area contributed by atoms with Crippen LogP contribution in [-0.2, 0) is 0 Å². The molecule has 0 saturated heterocycles. The third kappa shape index (κ3) is 5.35. The standard InChI is InChI=1S/C50H26N8/c51-27-31-13-17-33(18-14-31)43-26-44(56-50(55-43)34-19-15-32(28-52)16-20-34)35-23-36(29-53)49(37(24-35)30-54)58-47-12-6-3-9-41(47)42-25-38(21-22-48(42)58)57-45-10-4-1-7-39(45)40-8-2-5-11-46(40)57/h1-26H. The number of benzene rings is 7. The van der Waals surface area contributed by atoms with Crippen molar-refractivity contribution in [2.24, 2.45) is 0 Å². The monoisotopic (exact) mass is 738 g/mol. The number of nitrogens with zero attached hydrogens (tertiary/aromatic N) is 8. The highest BCUT2D eigenvalue weighted by Gasteiger charge is 2.22. The number of rotatable bonds is 5. The molecular formula is C50H26N8. The highest BCUT2D eigenvalue weighted by atomic mass is 15.0. The van der Waals surface area contributed by atoms with Crippen molar-refractivity contribution < 1.29 is 0 Å². The molecule has 0 N–H and O–H groups in total.